The van der Waals surface area contributed by atoms with Crippen molar-refractivity contribution in [2.75, 3.05) is 32.7 Å². The molecule has 1 aliphatic heterocycles. The molecule has 0 aromatic carbocycles. The number of carbonyl (C=O) groups excluding carboxylic acids is 1. The smallest absolute Gasteiger partial charge is 0.410 e. The van der Waals surface area contributed by atoms with Gasteiger partial charge >= 0.3 is 12.1 Å². The van der Waals surface area contributed by atoms with Gasteiger partial charge in [-0.05, 0) is 26.8 Å². The quantitative estimate of drug-likeness (QED) is 0.893. The molecule has 1 saturated heterocycles. The molecule has 0 saturated carbocycles. The second kappa shape index (κ2) is 6.99. The first-order chi connectivity index (χ1) is 10.7. The fraction of sp³-hybridized carbons (Fsp3) is 0.667. The highest BCUT2D eigenvalue weighted by molar-refractivity contribution is 5.85. The molecule has 0 aliphatic carbocycles. The molecule has 0 bridgehead atoms. The Hall–Kier alpha value is -2.09. The van der Waals surface area contributed by atoms with Crippen molar-refractivity contribution >= 4 is 12.1 Å². The van der Waals surface area contributed by atoms with Crippen LogP contribution in [0, 0.1) is 0 Å². The Morgan fingerprint density at radius 1 is 1.22 bits per heavy atom. The average molecular weight is 324 g/mol. The normalized spacial score (nSPS) is 16.4. The molecule has 8 nitrogen and oxygen atoms in total. The lowest BCUT2D eigenvalue weighted by Crippen LogP contribution is -2.50. The minimum atomic E-state index is -1.02. The van der Waals surface area contributed by atoms with Crippen molar-refractivity contribution in [2.24, 2.45) is 0 Å². The molecule has 23 heavy (non-hydrogen) atoms. The molecule has 128 valence electrons. The van der Waals surface area contributed by atoms with Crippen LogP contribution in [0.5, 0.6) is 0 Å². The molecule has 1 aromatic rings. The zero-order valence-electron chi connectivity index (χ0n) is 13.9. The van der Waals surface area contributed by atoms with Crippen LogP contribution in [-0.2, 0) is 11.3 Å². The molecule has 0 unspecified atom stereocenters. The molecule has 1 N–H and O–H groups in total. The maximum Gasteiger partial charge on any atom is 0.410 e. The number of rotatable bonds is 4. The monoisotopic (exact) mass is 324 g/mol. The lowest BCUT2D eigenvalue weighted by molar-refractivity contribution is 0.0142. The first kappa shape index (κ1) is 17.3. The number of carbonyl (C=O) groups is 2. The van der Waals surface area contributed by atoms with Gasteiger partial charge in [0.15, 0.2) is 5.69 Å². The third-order valence-electron chi connectivity index (χ3n) is 3.53. The van der Waals surface area contributed by atoms with Gasteiger partial charge in [0, 0.05) is 38.9 Å². The van der Waals surface area contributed by atoms with Crippen molar-refractivity contribution in [1.82, 2.24) is 19.6 Å². The van der Waals surface area contributed by atoms with E-state index in [0.29, 0.717) is 19.6 Å². The molecule has 1 amide bonds. The summed E-state index contributed by atoms with van der Waals surface area (Å²) in [7, 11) is 0. The van der Waals surface area contributed by atoms with E-state index < -0.39 is 11.6 Å². The van der Waals surface area contributed by atoms with Gasteiger partial charge in [0.1, 0.15) is 5.60 Å². The van der Waals surface area contributed by atoms with E-state index in [-0.39, 0.29) is 11.8 Å². The van der Waals surface area contributed by atoms with Crippen molar-refractivity contribution in [3.05, 3.63) is 18.0 Å². The number of hydrogen-bond acceptors (Lipinski definition) is 5. The molecular formula is C15H24N4O4. The summed E-state index contributed by atoms with van der Waals surface area (Å²) in [5, 5.41) is 12.8. The van der Waals surface area contributed by atoms with Gasteiger partial charge in [-0.2, -0.15) is 5.10 Å². The van der Waals surface area contributed by atoms with Crippen molar-refractivity contribution in [2.45, 2.75) is 32.9 Å². The molecule has 8 heteroatoms. The minimum absolute atomic E-state index is 0.0553. The molecule has 1 aromatic heterocycles. The summed E-state index contributed by atoms with van der Waals surface area (Å²) >= 11 is 0. The SMILES string of the molecule is CC(C)(C)OC(=O)N1CCN(CCn2ccc(C(=O)O)n2)CC1. The number of amides is 1. The highest BCUT2D eigenvalue weighted by Gasteiger charge is 2.25. The Balaban J connectivity index is 1.74. The summed E-state index contributed by atoms with van der Waals surface area (Å²) in [6.45, 7) is 9.77. The summed E-state index contributed by atoms with van der Waals surface area (Å²) in [5.41, 5.74) is -0.421. The Kier molecular flexibility index (Phi) is 5.25. The zero-order chi connectivity index (χ0) is 17.0. The van der Waals surface area contributed by atoms with E-state index in [1.54, 1.807) is 15.8 Å². The number of carboxylic acid groups (broad SMARTS) is 1. The summed E-state index contributed by atoms with van der Waals surface area (Å²) in [5.74, 6) is -1.02. The van der Waals surface area contributed by atoms with Gasteiger partial charge in [0.2, 0.25) is 0 Å². The Labute approximate surface area is 135 Å². The third-order valence-corrected chi connectivity index (χ3v) is 3.53. The lowest BCUT2D eigenvalue weighted by atomic mass is 10.2. The van der Waals surface area contributed by atoms with Gasteiger partial charge < -0.3 is 14.7 Å². The predicted molar refractivity (Wildman–Crippen MR) is 83.4 cm³/mol. The summed E-state index contributed by atoms with van der Waals surface area (Å²) in [6.07, 6.45) is 1.40. The number of aromatic carboxylic acids is 1. The molecule has 0 radical (unpaired) electrons. The van der Waals surface area contributed by atoms with E-state index in [9.17, 15) is 9.59 Å². The van der Waals surface area contributed by atoms with Crippen LogP contribution < -0.4 is 0 Å². The van der Waals surface area contributed by atoms with Crippen LogP contribution in [0.3, 0.4) is 0 Å². The van der Waals surface area contributed by atoms with E-state index in [0.717, 1.165) is 19.6 Å². The average Bonchev–Trinajstić information content (AvgIpc) is 2.93. The molecule has 0 atom stereocenters. The van der Waals surface area contributed by atoms with E-state index in [2.05, 4.69) is 10.00 Å². The third kappa shape index (κ3) is 5.24. The van der Waals surface area contributed by atoms with Gasteiger partial charge in [0.25, 0.3) is 0 Å². The van der Waals surface area contributed by atoms with Crippen LogP contribution in [0.2, 0.25) is 0 Å². The number of ether oxygens (including phenoxy) is 1. The molecule has 0 spiro atoms. The molecule has 1 aliphatic rings. The maximum absolute atomic E-state index is 12.0. The van der Waals surface area contributed by atoms with Crippen LogP contribution in [0.4, 0.5) is 4.79 Å². The van der Waals surface area contributed by atoms with Crippen LogP contribution in [-0.4, -0.2) is 75.1 Å². The molecule has 1 fully saturated rings. The maximum atomic E-state index is 12.0. The van der Waals surface area contributed by atoms with Crippen molar-refractivity contribution in [3.63, 3.8) is 0 Å². The van der Waals surface area contributed by atoms with Gasteiger partial charge in [-0.25, -0.2) is 9.59 Å². The number of carboxylic acids is 1. The van der Waals surface area contributed by atoms with Crippen molar-refractivity contribution in [1.29, 1.82) is 0 Å². The van der Waals surface area contributed by atoms with E-state index in [4.69, 9.17) is 9.84 Å². The predicted octanol–water partition coefficient (Wildman–Crippen LogP) is 1.13. The Morgan fingerprint density at radius 3 is 2.39 bits per heavy atom. The molecule has 2 heterocycles. The fourth-order valence-electron chi connectivity index (χ4n) is 2.32. The topological polar surface area (TPSA) is 87.9 Å². The minimum Gasteiger partial charge on any atom is -0.476 e. The van der Waals surface area contributed by atoms with Crippen LogP contribution in [0.25, 0.3) is 0 Å². The van der Waals surface area contributed by atoms with Gasteiger partial charge in [-0.1, -0.05) is 0 Å². The highest BCUT2D eigenvalue weighted by Crippen LogP contribution is 2.11. The number of nitrogens with zero attached hydrogens (tertiary/aromatic N) is 4. The van der Waals surface area contributed by atoms with Crippen LogP contribution in [0.1, 0.15) is 31.3 Å². The van der Waals surface area contributed by atoms with E-state index >= 15 is 0 Å². The summed E-state index contributed by atoms with van der Waals surface area (Å²) in [6, 6.07) is 1.49. The second-order valence-corrected chi connectivity index (χ2v) is 6.58. The first-order valence-electron chi connectivity index (χ1n) is 7.71. The van der Waals surface area contributed by atoms with Crippen molar-refractivity contribution in [3.8, 4) is 0 Å². The summed E-state index contributed by atoms with van der Waals surface area (Å²) < 4.78 is 6.99. The Bertz CT molecular complexity index is 556. The van der Waals surface area contributed by atoms with Crippen LogP contribution >= 0.6 is 0 Å². The highest BCUT2D eigenvalue weighted by atomic mass is 16.6. The van der Waals surface area contributed by atoms with E-state index in [1.165, 1.54) is 6.07 Å². The molecule has 2 rings (SSSR count). The lowest BCUT2D eigenvalue weighted by Gasteiger charge is -2.35. The number of hydrogen-bond donors (Lipinski definition) is 1. The zero-order valence-corrected chi connectivity index (χ0v) is 13.9. The number of aromatic nitrogens is 2. The largest absolute Gasteiger partial charge is 0.476 e. The van der Waals surface area contributed by atoms with Gasteiger partial charge in [-0.3, -0.25) is 9.58 Å². The van der Waals surface area contributed by atoms with Crippen molar-refractivity contribution < 1.29 is 19.4 Å². The van der Waals surface area contributed by atoms with Crippen LogP contribution in [0.15, 0.2) is 12.3 Å². The first-order valence-corrected chi connectivity index (χ1v) is 7.71. The molecular weight excluding hydrogens is 300 g/mol. The number of piperazine rings is 1. The summed E-state index contributed by atoms with van der Waals surface area (Å²) in [4.78, 5) is 26.7. The van der Waals surface area contributed by atoms with Gasteiger partial charge in [-0.15, -0.1) is 0 Å². The van der Waals surface area contributed by atoms with Gasteiger partial charge in [0.05, 0.1) is 6.54 Å². The standard InChI is InChI=1S/C15H24N4O4/c1-15(2,3)23-14(22)18-9-6-17(7-10-18)8-11-19-5-4-12(16-19)13(20)21/h4-5H,6-11H2,1-3H3,(H,20,21). The second-order valence-electron chi connectivity index (χ2n) is 6.58. The fourth-order valence-corrected chi connectivity index (χ4v) is 2.32. The Morgan fingerprint density at radius 2 is 1.87 bits per heavy atom. The van der Waals surface area contributed by atoms with E-state index in [1.807, 2.05) is 20.8 Å².